The topological polar surface area (TPSA) is 40.5 Å². The monoisotopic (exact) mass is 317 g/mol. The van der Waals surface area contributed by atoms with E-state index < -0.39 is 5.60 Å². The van der Waals surface area contributed by atoms with E-state index in [2.05, 4.69) is 15.9 Å². The minimum absolute atomic E-state index is 0.0827. The molecule has 2 heterocycles. The van der Waals surface area contributed by atoms with E-state index in [0.29, 0.717) is 25.9 Å². The SMILES string of the molecule is Cc1cc(C(=O)N2CCC(C)(O)CC2)sc1Br. The van der Waals surface area contributed by atoms with Crippen LogP contribution in [0.4, 0.5) is 0 Å². The van der Waals surface area contributed by atoms with Gasteiger partial charge in [-0.1, -0.05) is 0 Å². The van der Waals surface area contributed by atoms with Crippen LogP contribution in [0.1, 0.15) is 35.0 Å². The third-order valence-corrected chi connectivity index (χ3v) is 5.32. The lowest BCUT2D eigenvalue weighted by Crippen LogP contribution is -2.44. The van der Waals surface area contributed by atoms with Gasteiger partial charge in [0.2, 0.25) is 0 Å². The summed E-state index contributed by atoms with van der Waals surface area (Å²) in [5.74, 6) is 0.0827. The van der Waals surface area contributed by atoms with Gasteiger partial charge in [0.25, 0.3) is 5.91 Å². The summed E-state index contributed by atoms with van der Waals surface area (Å²) in [7, 11) is 0. The fraction of sp³-hybridized carbons (Fsp3) is 0.583. The number of carbonyl (C=O) groups is 1. The van der Waals surface area contributed by atoms with Crippen molar-refractivity contribution < 1.29 is 9.90 Å². The number of halogens is 1. The fourth-order valence-corrected chi connectivity index (χ4v) is 3.42. The zero-order valence-electron chi connectivity index (χ0n) is 9.99. The standard InChI is InChI=1S/C12H16BrNO2S/c1-8-7-9(17-10(8)13)11(15)14-5-3-12(2,16)4-6-14/h7,16H,3-6H2,1-2H3. The van der Waals surface area contributed by atoms with E-state index in [1.54, 1.807) is 0 Å². The van der Waals surface area contributed by atoms with Crippen molar-refractivity contribution in [1.29, 1.82) is 0 Å². The van der Waals surface area contributed by atoms with Gasteiger partial charge in [-0.05, 0) is 54.2 Å². The molecule has 1 saturated heterocycles. The number of amides is 1. The van der Waals surface area contributed by atoms with E-state index in [1.807, 2.05) is 24.8 Å². The molecular weight excluding hydrogens is 302 g/mol. The Balaban J connectivity index is 2.07. The van der Waals surface area contributed by atoms with Gasteiger partial charge < -0.3 is 10.0 Å². The number of aryl methyl sites for hydroxylation is 1. The summed E-state index contributed by atoms with van der Waals surface area (Å²) in [6.45, 7) is 5.10. The first-order valence-corrected chi connectivity index (χ1v) is 7.27. The molecule has 3 nitrogen and oxygen atoms in total. The molecule has 2 rings (SSSR count). The molecule has 0 aliphatic carbocycles. The van der Waals surface area contributed by atoms with Crippen LogP contribution in [0.3, 0.4) is 0 Å². The lowest BCUT2D eigenvalue weighted by Gasteiger charge is -2.35. The van der Waals surface area contributed by atoms with Crippen LogP contribution in [0, 0.1) is 6.92 Å². The minimum Gasteiger partial charge on any atom is -0.390 e. The Kier molecular flexibility index (Phi) is 3.61. The number of aliphatic hydroxyl groups is 1. The predicted octanol–water partition coefficient (Wildman–Crippen LogP) is 2.81. The number of piperidine rings is 1. The number of nitrogens with zero attached hydrogens (tertiary/aromatic N) is 1. The van der Waals surface area contributed by atoms with Crippen molar-refractivity contribution in [1.82, 2.24) is 4.90 Å². The molecule has 1 fully saturated rings. The highest BCUT2D eigenvalue weighted by atomic mass is 79.9. The average molecular weight is 318 g/mol. The summed E-state index contributed by atoms with van der Waals surface area (Å²) >= 11 is 4.91. The molecular formula is C12H16BrNO2S. The molecule has 1 aromatic rings. The summed E-state index contributed by atoms with van der Waals surface area (Å²) in [5.41, 5.74) is 0.491. The highest BCUT2D eigenvalue weighted by Crippen LogP contribution is 2.29. The molecule has 17 heavy (non-hydrogen) atoms. The molecule has 0 saturated carbocycles. The molecule has 1 aliphatic heterocycles. The van der Waals surface area contributed by atoms with Crippen LogP contribution in [0.25, 0.3) is 0 Å². The van der Waals surface area contributed by atoms with Crippen LogP contribution in [0.5, 0.6) is 0 Å². The van der Waals surface area contributed by atoms with Crippen molar-refractivity contribution in [3.8, 4) is 0 Å². The zero-order chi connectivity index (χ0) is 12.6. The van der Waals surface area contributed by atoms with Crippen LogP contribution in [-0.4, -0.2) is 34.6 Å². The van der Waals surface area contributed by atoms with Crippen LogP contribution in [0.15, 0.2) is 9.85 Å². The smallest absolute Gasteiger partial charge is 0.263 e. The van der Waals surface area contributed by atoms with Gasteiger partial charge in [-0.25, -0.2) is 0 Å². The van der Waals surface area contributed by atoms with E-state index >= 15 is 0 Å². The van der Waals surface area contributed by atoms with Crippen LogP contribution < -0.4 is 0 Å². The quantitative estimate of drug-likeness (QED) is 0.865. The van der Waals surface area contributed by atoms with E-state index in [4.69, 9.17) is 0 Å². The lowest BCUT2D eigenvalue weighted by atomic mass is 9.94. The van der Waals surface area contributed by atoms with E-state index in [0.717, 1.165) is 14.2 Å². The molecule has 0 bridgehead atoms. The van der Waals surface area contributed by atoms with Crippen LogP contribution in [0.2, 0.25) is 0 Å². The van der Waals surface area contributed by atoms with Gasteiger partial charge in [0.15, 0.2) is 0 Å². The molecule has 0 unspecified atom stereocenters. The van der Waals surface area contributed by atoms with Gasteiger partial charge in [-0.15, -0.1) is 11.3 Å². The Morgan fingerprint density at radius 1 is 1.53 bits per heavy atom. The third kappa shape index (κ3) is 2.89. The molecule has 0 atom stereocenters. The van der Waals surface area contributed by atoms with Gasteiger partial charge in [0.05, 0.1) is 14.3 Å². The maximum atomic E-state index is 12.2. The molecule has 0 spiro atoms. The maximum absolute atomic E-state index is 12.2. The highest BCUT2D eigenvalue weighted by Gasteiger charge is 2.30. The number of hydrogen-bond donors (Lipinski definition) is 1. The summed E-state index contributed by atoms with van der Waals surface area (Å²) in [5, 5.41) is 9.85. The second kappa shape index (κ2) is 4.71. The van der Waals surface area contributed by atoms with Crippen LogP contribution in [-0.2, 0) is 0 Å². The lowest BCUT2D eigenvalue weighted by molar-refractivity contribution is -0.00188. The van der Waals surface area contributed by atoms with Crippen molar-refractivity contribution in [2.75, 3.05) is 13.1 Å². The first-order chi connectivity index (χ1) is 7.89. The molecule has 0 radical (unpaired) electrons. The van der Waals surface area contributed by atoms with Crippen molar-refractivity contribution in [3.05, 3.63) is 20.3 Å². The average Bonchev–Trinajstić information content (AvgIpc) is 2.58. The third-order valence-electron chi connectivity index (χ3n) is 3.20. The number of likely N-dealkylation sites (tertiary alicyclic amines) is 1. The highest BCUT2D eigenvalue weighted by molar-refractivity contribution is 9.11. The number of hydrogen-bond acceptors (Lipinski definition) is 3. The summed E-state index contributed by atoms with van der Waals surface area (Å²) < 4.78 is 1.02. The Bertz CT molecular complexity index is 412. The second-order valence-electron chi connectivity index (χ2n) is 4.86. The summed E-state index contributed by atoms with van der Waals surface area (Å²) in [4.78, 5) is 14.8. The molecule has 94 valence electrons. The first kappa shape index (κ1) is 13.1. The molecule has 0 aromatic carbocycles. The van der Waals surface area contributed by atoms with Crippen LogP contribution >= 0.6 is 27.3 Å². The molecule has 1 N–H and O–H groups in total. The van der Waals surface area contributed by atoms with E-state index in [-0.39, 0.29) is 5.91 Å². The van der Waals surface area contributed by atoms with Gasteiger partial charge in [0.1, 0.15) is 0 Å². The van der Waals surface area contributed by atoms with Crippen molar-refractivity contribution in [3.63, 3.8) is 0 Å². The Hall–Kier alpha value is -0.390. The Labute approximate surface area is 114 Å². The second-order valence-corrected chi connectivity index (χ2v) is 7.23. The van der Waals surface area contributed by atoms with Gasteiger partial charge in [-0.3, -0.25) is 4.79 Å². The van der Waals surface area contributed by atoms with Gasteiger partial charge in [0, 0.05) is 13.1 Å². The van der Waals surface area contributed by atoms with Gasteiger partial charge in [-0.2, -0.15) is 0 Å². The number of rotatable bonds is 1. The Morgan fingerprint density at radius 2 is 2.12 bits per heavy atom. The van der Waals surface area contributed by atoms with Gasteiger partial charge >= 0.3 is 0 Å². The summed E-state index contributed by atoms with van der Waals surface area (Å²) in [6, 6.07) is 1.92. The normalized spacial score (nSPS) is 19.4. The van der Waals surface area contributed by atoms with Crippen molar-refractivity contribution >= 4 is 33.2 Å². The summed E-state index contributed by atoms with van der Waals surface area (Å²) in [6.07, 6.45) is 1.31. The molecule has 1 aromatic heterocycles. The predicted molar refractivity (Wildman–Crippen MR) is 72.5 cm³/mol. The molecule has 5 heteroatoms. The minimum atomic E-state index is -0.608. The molecule has 1 amide bonds. The van der Waals surface area contributed by atoms with Crippen molar-refractivity contribution in [2.24, 2.45) is 0 Å². The first-order valence-electron chi connectivity index (χ1n) is 5.67. The maximum Gasteiger partial charge on any atom is 0.263 e. The number of thiophene rings is 1. The fourth-order valence-electron chi connectivity index (χ4n) is 1.91. The number of carbonyl (C=O) groups excluding carboxylic acids is 1. The zero-order valence-corrected chi connectivity index (χ0v) is 12.4. The van der Waals surface area contributed by atoms with E-state index in [1.165, 1.54) is 11.3 Å². The molecule has 1 aliphatic rings. The Morgan fingerprint density at radius 3 is 2.59 bits per heavy atom. The largest absolute Gasteiger partial charge is 0.390 e. The van der Waals surface area contributed by atoms with Crippen molar-refractivity contribution in [2.45, 2.75) is 32.3 Å². The van der Waals surface area contributed by atoms with E-state index in [9.17, 15) is 9.90 Å².